The second-order valence-corrected chi connectivity index (χ2v) is 3.83. The van der Waals surface area contributed by atoms with E-state index in [1.54, 1.807) is 14.2 Å². The zero-order chi connectivity index (χ0) is 10.4. The Kier molecular flexibility index (Phi) is 5.40. The van der Waals surface area contributed by atoms with Gasteiger partial charge in [0.25, 0.3) is 0 Å². The van der Waals surface area contributed by atoms with Crippen molar-refractivity contribution in [2.24, 2.45) is 0 Å². The molecule has 0 aromatic rings. The summed E-state index contributed by atoms with van der Waals surface area (Å²) in [5, 5.41) is 12.9. The Bertz CT molecular complexity index is 154. The van der Waals surface area contributed by atoms with Crippen LogP contribution in [0.5, 0.6) is 0 Å². The van der Waals surface area contributed by atoms with Gasteiger partial charge in [0.15, 0.2) is 0 Å². The van der Waals surface area contributed by atoms with Gasteiger partial charge in [-0.2, -0.15) is 0 Å². The molecule has 2 N–H and O–H groups in total. The summed E-state index contributed by atoms with van der Waals surface area (Å²) in [4.78, 5) is 0. The quantitative estimate of drug-likeness (QED) is 0.645. The predicted molar refractivity (Wildman–Crippen MR) is 54.3 cm³/mol. The molecule has 0 amide bonds. The van der Waals surface area contributed by atoms with E-state index in [1.165, 1.54) is 0 Å². The highest BCUT2D eigenvalue weighted by molar-refractivity contribution is 4.83. The lowest BCUT2D eigenvalue weighted by Gasteiger charge is -2.20. The van der Waals surface area contributed by atoms with Gasteiger partial charge in [-0.15, -0.1) is 0 Å². The monoisotopic (exact) mass is 203 g/mol. The Labute approximate surface area is 85.6 Å². The molecule has 0 aromatic heterocycles. The summed E-state index contributed by atoms with van der Waals surface area (Å²) in [6, 6.07) is 0.240. The van der Waals surface area contributed by atoms with Crippen LogP contribution >= 0.6 is 0 Å². The second kappa shape index (κ2) is 6.35. The minimum atomic E-state index is -0.185. The largest absolute Gasteiger partial charge is 0.392 e. The Morgan fingerprint density at radius 1 is 1.43 bits per heavy atom. The molecule has 1 saturated carbocycles. The number of aliphatic hydroxyl groups is 1. The van der Waals surface area contributed by atoms with Crippen LogP contribution in [0.25, 0.3) is 0 Å². The maximum absolute atomic E-state index is 9.57. The van der Waals surface area contributed by atoms with Crippen molar-refractivity contribution in [3.63, 3.8) is 0 Å². The van der Waals surface area contributed by atoms with Crippen LogP contribution in [0, 0.1) is 0 Å². The molecule has 0 bridgehead atoms. The van der Waals surface area contributed by atoms with Gasteiger partial charge < -0.3 is 19.9 Å². The molecule has 1 unspecified atom stereocenters. The van der Waals surface area contributed by atoms with E-state index < -0.39 is 0 Å². The van der Waals surface area contributed by atoms with Gasteiger partial charge >= 0.3 is 0 Å². The lowest BCUT2D eigenvalue weighted by Crippen LogP contribution is -2.41. The summed E-state index contributed by atoms with van der Waals surface area (Å²) in [5.41, 5.74) is 0. The first-order valence-electron chi connectivity index (χ1n) is 5.21. The van der Waals surface area contributed by atoms with Crippen LogP contribution in [-0.2, 0) is 9.47 Å². The smallest absolute Gasteiger partial charge is 0.0928 e. The van der Waals surface area contributed by atoms with Crippen molar-refractivity contribution in [1.29, 1.82) is 0 Å². The standard InChI is InChI=1S/C10H21NO3/c1-13-7-8(14-2)6-11-9-4-3-5-10(9)12/h8-12H,3-7H2,1-2H3/t8?,9-,10-/m0/s1. The van der Waals surface area contributed by atoms with Gasteiger partial charge in [0.1, 0.15) is 0 Å². The summed E-state index contributed by atoms with van der Waals surface area (Å²) in [5.74, 6) is 0. The lowest BCUT2D eigenvalue weighted by molar-refractivity contribution is 0.0242. The third kappa shape index (κ3) is 3.53. The number of ether oxygens (including phenoxy) is 2. The summed E-state index contributed by atoms with van der Waals surface area (Å²) in [6.07, 6.45) is 2.98. The number of hydrogen-bond donors (Lipinski definition) is 2. The van der Waals surface area contributed by atoms with Gasteiger partial charge in [-0.1, -0.05) is 0 Å². The third-order valence-electron chi connectivity index (χ3n) is 2.77. The molecule has 1 aliphatic carbocycles. The zero-order valence-electron chi connectivity index (χ0n) is 9.03. The van der Waals surface area contributed by atoms with Gasteiger partial charge in [0.2, 0.25) is 0 Å². The number of hydrogen-bond acceptors (Lipinski definition) is 4. The molecule has 1 aliphatic rings. The van der Waals surface area contributed by atoms with Crippen molar-refractivity contribution in [3.05, 3.63) is 0 Å². The van der Waals surface area contributed by atoms with Crippen molar-refractivity contribution >= 4 is 0 Å². The first-order chi connectivity index (χ1) is 6.77. The molecular weight excluding hydrogens is 182 g/mol. The molecule has 0 radical (unpaired) electrons. The number of aliphatic hydroxyl groups excluding tert-OH is 1. The highest BCUT2D eigenvalue weighted by atomic mass is 16.5. The molecular formula is C10H21NO3. The maximum atomic E-state index is 9.57. The number of rotatable bonds is 6. The Morgan fingerprint density at radius 2 is 2.21 bits per heavy atom. The average molecular weight is 203 g/mol. The van der Waals surface area contributed by atoms with Crippen LogP contribution in [0.1, 0.15) is 19.3 Å². The fraction of sp³-hybridized carbons (Fsp3) is 1.00. The second-order valence-electron chi connectivity index (χ2n) is 3.83. The normalized spacial score (nSPS) is 29.4. The molecule has 0 spiro atoms. The number of nitrogens with one attached hydrogen (secondary N) is 1. The van der Waals surface area contributed by atoms with Gasteiger partial charge in [-0.05, 0) is 19.3 Å². The first-order valence-corrected chi connectivity index (χ1v) is 5.21. The van der Waals surface area contributed by atoms with Crippen molar-refractivity contribution < 1.29 is 14.6 Å². The fourth-order valence-corrected chi connectivity index (χ4v) is 1.86. The van der Waals surface area contributed by atoms with Crippen LogP contribution in [0.4, 0.5) is 0 Å². The van der Waals surface area contributed by atoms with Crippen LogP contribution in [0.2, 0.25) is 0 Å². The summed E-state index contributed by atoms with van der Waals surface area (Å²) >= 11 is 0. The van der Waals surface area contributed by atoms with E-state index in [2.05, 4.69) is 5.32 Å². The van der Waals surface area contributed by atoms with Crippen LogP contribution in [-0.4, -0.2) is 50.7 Å². The van der Waals surface area contributed by atoms with E-state index in [1.807, 2.05) is 0 Å². The fourth-order valence-electron chi connectivity index (χ4n) is 1.86. The minimum absolute atomic E-state index is 0.0767. The molecule has 0 heterocycles. The van der Waals surface area contributed by atoms with Gasteiger partial charge in [-0.3, -0.25) is 0 Å². The molecule has 4 heteroatoms. The molecule has 84 valence electrons. The van der Waals surface area contributed by atoms with E-state index in [4.69, 9.17) is 9.47 Å². The van der Waals surface area contributed by atoms with E-state index in [-0.39, 0.29) is 18.2 Å². The van der Waals surface area contributed by atoms with Gasteiger partial charge in [-0.25, -0.2) is 0 Å². The Morgan fingerprint density at radius 3 is 2.71 bits per heavy atom. The van der Waals surface area contributed by atoms with E-state index in [0.717, 1.165) is 25.8 Å². The van der Waals surface area contributed by atoms with Gasteiger partial charge in [0.05, 0.1) is 18.8 Å². The summed E-state index contributed by atoms with van der Waals surface area (Å²) in [6.45, 7) is 1.33. The Hall–Kier alpha value is -0.160. The summed E-state index contributed by atoms with van der Waals surface area (Å²) < 4.78 is 10.2. The van der Waals surface area contributed by atoms with E-state index >= 15 is 0 Å². The van der Waals surface area contributed by atoms with E-state index in [9.17, 15) is 5.11 Å². The first kappa shape index (κ1) is 11.9. The predicted octanol–water partition coefficient (Wildman–Crippen LogP) is 0.151. The van der Waals surface area contributed by atoms with Crippen LogP contribution in [0.15, 0.2) is 0 Å². The third-order valence-corrected chi connectivity index (χ3v) is 2.77. The minimum Gasteiger partial charge on any atom is -0.392 e. The van der Waals surface area contributed by atoms with Crippen molar-refractivity contribution in [2.45, 2.75) is 37.5 Å². The molecule has 3 atom stereocenters. The topological polar surface area (TPSA) is 50.7 Å². The SMILES string of the molecule is COCC(CN[C@H]1CCC[C@@H]1O)OC. The molecule has 1 fully saturated rings. The van der Waals surface area contributed by atoms with E-state index in [0.29, 0.717) is 6.61 Å². The van der Waals surface area contributed by atoms with Crippen molar-refractivity contribution in [2.75, 3.05) is 27.4 Å². The molecule has 0 aromatic carbocycles. The highest BCUT2D eigenvalue weighted by Gasteiger charge is 2.25. The Balaban J connectivity index is 2.17. The van der Waals surface area contributed by atoms with Crippen molar-refractivity contribution in [1.82, 2.24) is 5.32 Å². The number of methoxy groups -OCH3 is 2. The molecule has 1 rings (SSSR count). The highest BCUT2D eigenvalue weighted by Crippen LogP contribution is 2.18. The van der Waals surface area contributed by atoms with Gasteiger partial charge in [0, 0.05) is 26.8 Å². The maximum Gasteiger partial charge on any atom is 0.0928 e. The summed E-state index contributed by atoms with van der Waals surface area (Å²) in [7, 11) is 3.34. The molecule has 14 heavy (non-hydrogen) atoms. The average Bonchev–Trinajstić information content (AvgIpc) is 2.59. The lowest BCUT2D eigenvalue weighted by atomic mass is 10.2. The van der Waals surface area contributed by atoms with Crippen LogP contribution < -0.4 is 5.32 Å². The molecule has 0 saturated heterocycles. The van der Waals surface area contributed by atoms with Crippen LogP contribution in [0.3, 0.4) is 0 Å². The molecule has 4 nitrogen and oxygen atoms in total. The molecule has 0 aliphatic heterocycles. The zero-order valence-corrected chi connectivity index (χ0v) is 9.03. The van der Waals surface area contributed by atoms with Crippen molar-refractivity contribution in [3.8, 4) is 0 Å².